The zero-order valence-corrected chi connectivity index (χ0v) is 9.97. The van der Waals surface area contributed by atoms with Crippen LogP contribution in [0, 0.1) is 16.7 Å². The number of aromatic carboxylic acids is 1. The van der Waals surface area contributed by atoms with Crippen LogP contribution in [-0.4, -0.2) is 29.7 Å². The minimum Gasteiger partial charge on any atom is -0.496 e. The largest absolute Gasteiger partial charge is 0.496 e. The average molecular weight is 261 g/mol. The van der Waals surface area contributed by atoms with Crippen molar-refractivity contribution in [2.75, 3.05) is 12.5 Å². The summed E-state index contributed by atoms with van der Waals surface area (Å²) >= 11 is 0. The van der Waals surface area contributed by atoms with E-state index in [1.54, 1.807) is 6.07 Å². The molecule has 1 aromatic rings. The molecule has 0 amide bonds. The van der Waals surface area contributed by atoms with Gasteiger partial charge in [-0.2, -0.15) is 10.4 Å². The van der Waals surface area contributed by atoms with Crippen LogP contribution in [0.15, 0.2) is 23.3 Å². The van der Waals surface area contributed by atoms with Crippen LogP contribution in [0.3, 0.4) is 0 Å². The van der Waals surface area contributed by atoms with E-state index in [0.29, 0.717) is 5.69 Å². The summed E-state index contributed by atoms with van der Waals surface area (Å²) in [7, 11) is 1.36. The van der Waals surface area contributed by atoms with E-state index in [-0.39, 0.29) is 17.0 Å². The van der Waals surface area contributed by atoms with Crippen molar-refractivity contribution in [2.24, 2.45) is 10.8 Å². The van der Waals surface area contributed by atoms with Gasteiger partial charge in [-0.25, -0.2) is 4.79 Å². The van der Waals surface area contributed by atoms with Crippen molar-refractivity contribution in [1.29, 1.82) is 10.7 Å². The number of hydrazone groups is 1. The summed E-state index contributed by atoms with van der Waals surface area (Å²) < 4.78 is 4.90. The van der Waals surface area contributed by atoms with Crippen LogP contribution in [0.25, 0.3) is 0 Å². The molecule has 98 valence electrons. The molecule has 8 nitrogen and oxygen atoms in total. The first-order chi connectivity index (χ1) is 8.99. The van der Waals surface area contributed by atoms with E-state index in [1.807, 2.05) is 0 Å². The molecule has 1 aromatic carbocycles. The lowest BCUT2D eigenvalue weighted by atomic mass is 10.2. The zero-order chi connectivity index (χ0) is 14.4. The summed E-state index contributed by atoms with van der Waals surface area (Å²) in [5, 5.41) is 28.3. The molecule has 1 rings (SSSR count). The van der Waals surface area contributed by atoms with E-state index in [4.69, 9.17) is 26.2 Å². The van der Waals surface area contributed by atoms with E-state index in [1.165, 1.54) is 25.3 Å². The fraction of sp³-hybridized carbons (Fsp3) is 0.0909. The Labute approximate surface area is 108 Å². The number of anilines is 1. The highest BCUT2D eigenvalue weighted by Gasteiger charge is 2.11. The molecule has 19 heavy (non-hydrogen) atoms. The number of carboxylic acid groups (broad SMARTS) is 1. The quantitative estimate of drug-likeness (QED) is 0.347. The maximum absolute atomic E-state index is 11.0. The van der Waals surface area contributed by atoms with Crippen molar-refractivity contribution in [3.63, 3.8) is 0 Å². The Hall–Kier alpha value is -3.08. The van der Waals surface area contributed by atoms with Gasteiger partial charge in [-0.1, -0.05) is 0 Å². The van der Waals surface area contributed by atoms with Crippen molar-refractivity contribution in [1.82, 2.24) is 0 Å². The highest BCUT2D eigenvalue weighted by molar-refractivity contribution is 6.45. The second kappa shape index (κ2) is 6.02. The van der Waals surface area contributed by atoms with Gasteiger partial charge >= 0.3 is 5.97 Å². The predicted molar refractivity (Wildman–Crippen MR) is 68.5 cm³/mol. The molecule has 0 bridgehead atoms. The first-order valence-electron chi connectivity index (χ1n) is 4.99. The normalized spacial score (nSPS) is 10.4. The molecule has 0 unspecified atom stereocenters. The lowest BCUT2D eigenvalue weighted by Gasteiger charge is -2.07. The smallest absolute Gasteiger partial charge is 0.339 e. The van der Waals surface area contributed by atoms with Gasteiger partial charge in [0.2, 0.25) is 5.71 Å². The van der Waals surface area contributed by atoms with Crippen LogP contribution >= 0.6 is 0 Å². The molecular formula is C11H11N5O3. The summed E-state index contributed by atoms with van der Waals surface area (Å²) in [5.41, 5.74) is 7.54. The standard InChI is InChI=1S/C11H11N5O3/c1-19-9-3-2-6(4-7(9)11(17)18)15-16-8(5-12)10(13)14/h2-4,15H,1H3,(H3,13,14)(H,17,18)/b16-8+. The number of nitrogens with two attached hydrogens (primary N) is 1. The Morgan fingerprint density at radius 1 is 1.63 bits per heavy atom. The van der Waals surface area contributed by atoms with Crippen LogP contribution in [0.2, 0.25) is 0 Å². The summed E-state index contributed by atoms with van der Waals surface area (Å²) in [6.07, 6.45) is 0. The van der Waals surface area contributed by atoms with Crippen LogP contribution in [0.5, 0.6) is 5.75 Å². The number of benzene rings is 1. The molecule has 0 aliphatic rings. The minimum absolute atomic E-state index is 0.0518. The first kappa shape index (κ1) is 14.0. The van der Waals surface area contributed by atoms with Gasteiger partial charge in [0, 0.05) is 0 Å². The zero-order valence-electron chi connectivity index (χ0n) is 9.97. The topological polar surface area (TPSA) is 145 Å². The van der Waals surface area contributed by atoms with Gasteiger partial charge in [0.15, 0.2) is 5.84 Å². The number of carboxylic acids is 1. The van der Waals surface area contributed by atoms with Gasteiger partial charge in [-0.3, -0.25) is 10.8 Å². The highest BCUT2D eigenvalue weighted by Crippen LogP contribution is 2.22. The second-order valence-electron chi connectivity index (χ2n) is 3.32. The number of hydrogen-bond donors (Lipinski definition) is 4. The van der Waals surface area contributed by atoms with Crippen molar-refractivity contribution in [2.45, 2.75) is 0 Å². The number of ether oxygens (including phenoxy) is 1. The third-order valence-electron chi connectivity index (χ3n) is 2.09. The Balaban J connectivity index is 3.05. The number of nitrogens with zero attached hydrogens (tertiary/aromatic N) is 2. The number of amidine groups is 1. The van der Waals surface area contributed by atoms with Crippen LogP contribution in [-0.2, 0) is 0 Å². The summed E-state index contributed by atoms with van der Waals surface area (Å²) in [5.74, 6) is -1.44. The molecule has 0 radical (unpaired) electrons. The van der Waals surface area contributed by atoms with E-state index < -0.39 is 11.8 Å². The number of nitriles is 1. The lowest BCUT2D eigenvalue weighted by Crippen LogP contribution is -2.21. The highest BCUT2D eigenvalue weighted by atomic mass is 16.5. The third kappa shape index (κ3) is 3.44. The van der Waals surface area contributed by atoms with Gasteiger partial charge in [0.05, 0.1) is 12.8 Å². The molecule has 5 N–H and O–H groups in total. The second-order valence-corrected chi connectivity index (χ2v) is 3.32. The predicted octanol–water partition coefficient (Wildman–Crippen LogP) is 0.621. The van der Waals surface area contributed by atoms with Crippen molar-refractivity contribution < 1.29 is 14.6 Å². The molecule has 0 saturated carbocycles. The maximum atomic E-state index is 11.0. The third-order valence-corrected chi connectivity index (χ3v) is 2.09. The average Bonchev–Trinajstić information content (AvgIpc) is 2.38. The lowest BCUT2D eigenvalue weighted by molar-refractivity contribution is 0.0693. The first-order valence-corrected chi connectivity index (χ1v) is 4.99. The molecule has 0 saturated heterocycles. The number of carbonyl (C=O) groups is 1. The fourth-order valence-electron chi connectivity index (χ4n) is 1.21. The number of methoxy groups -OCH3 is 1. The molecular weight excluding hydrogens is 250 g/mol. The molecule has 0 aromatic heterocycles. The molecule has 0 aliphatic carbocycles. The monoisotopic (exact) mass is 261 g/mol. The van der Waals surface area contributed by atoms with Crippen LogP contribution < -0.4 is 15.9 Å². The fourth-order valence-corrected chi connectivity index (χ4v) is 1.21. The molecule has 8 heteroatoms. The number of rotatable bonds is 5. The van der Waals surface area contributed by atoms with E-state index in [2.05, 4.69) is 10.5 Å². The van der Waals surface area contributed by atoms with Gasteiger partial charge < -0.3 is 15.6 Å². The van der Waals surface area contributed by atoms with Gasteiger partial charge in [0.25, 0.3) is 0 Å². The van der Waals surface area contributed by atoms with Gasteiger partial charge in [-0.15, -0.1) is 0 Å². The Morgan fingerprint density at radius 2 is 2.32 bits per heavy atom. The van der Waals surface area contributed by atoms with E-state index in [9.17, 15) is 4.79 Å². The Bertz CT molecular complexity index is 588. The van der Waals surface area contributed by atoms with Crippen molar-refractivity contribution in [3.8, 4) is 11.8 Å². The summed E-state index contributed by atoms with van der Waals surface area (Å²) in [6, 6.07) is 5.88. The van der Waals surface area contributed by atoms with E-state index in [0.717, 1.165) is 0 Å². The summed E-state index contributed by atoms with van der Waals surface area (Å²) in [4.78, 5) is 11.0. The number of nitrogens with one attached hydrogen (secondary N) is 2. The van der Waals surface area contributed by atoms with Gasteiger partial charge in [0.1, 0.15) is 17.4 Å². The Kier molecular flexibility index (Phi) is 4.43. The van der Waals surface area contributed by atoms with Crippen molar-refractivity contribution in [3.05, 3.63) is 23.8 Å². The maximum Gasteiger partial charge on any atom is 0.339 e. The molecule has 0 heterocycles. The minimum atomic E-state index is -1.16. The van der Waals surface area contributed by atoms with Crippen LogP contribution in [0.4, 0.5) is 5.69 Å². The molecule has 0 fully saturated rings. The van der Waals surface area contributed by atoms with Crippen molar-refractivity contribution >= 4 is 23.2 Å². The van der Waals surface area contributed by atoms with E-state index >= 15 is 0 Å². The molecule has 0 atom stereocenters. The number of hydrogen-bond acceptors (Lipinski definition) is 6. The van der Waals surface area contributed by atoms with Gasteiger partial charge in [-0.05, 0) is 18.2 Å². The molecule has 0 aliphatic heterocycles. The summed E-state index contributed by atoms with van der Waals surface area (Å²) in [6.45, 7) is 0. The van der Waals surface area contributed by atoms with Crippen LogP contribution in [0.1, 0.15) is 10.4 Å². The Morgan fingerprint density at radius 3 is 2.79 bits per heavy atom. The molecule has 0 spiro atoms. The SMILES string of the molecule is COc1ccc(N/N=C(\C#N)C(=N)N)cc1C(=O)O.